The van der Waals surface area contributed by atoms with E-state index in [0.29, 0.717) is 24.0 Å². The normalized spacial score (nSPS) is 11.5. The lowest BCUT2D eigenvalue weighted by Crippen LogP contribution is -2.39. The van der Waals surface area contributed by atoms with Gasteiger partial charge in [-0.2, -0.15) is 0 Å². The molecule has 2 aromatic carbocycles. The minimum atomic E-state index is -3.32. The first-order valence-corrected chi connectivity index (χ1v) is 11.1. The number of ether oxygens (including phenoxy) is 1. The number of guanidine groups is 1. The largest absolute Gasteiger partial charge is 0.493 e. The fourth-order valence-corrected chi connectivity index (χ4v) is 3.78. The molecule has 0 aromatic heterocycles. The second-order valence-electron chi connectivity index (χ2n) is 6.44. The monoisotopic (exact) mass is 531 g/mol. The fourth-order valence-electron chi connectivity index (χ4n) is 2.60. The van der Waals surface area contributed by atoms with Crippen LogP contribution in [-0.2, 0) is 16.4 Å². The molecule has 8 heteroatoms. The molecule has 0 saturated carbocycles. The number of halogens is 1. The summed E-state index contributed by atoms with van der Waals surface area (Å²) in [5.74, 6) is 1.40. The number of nitrogens with zero attached hydrogens (tertiary/aromatic N) is 1. The number of hydrogen-bond acceptors (Lipinski definition) is 4. The lowest BCUT2D eigenvalue weighted by Gasteiger charge is -2.15. The molecular weight excluding hydrogens is 501 g/mol. The Kier molecular flexibility index (Phi) is 11.0. The molecule has 0 radical (unpaired) electrons. The quantitative estimate of drug-likeness (QED) is 0.294. The third kappa shape index (κ3) is 8.22. The highest BCUT2D eigenvalue weighted by Gasteiger charge is 2.13. The number of aliphatic imine (C=N–C) groups is 1. The van der Waals surface area contributed by atoms with Crippen LogP contribution < -0.4 is 15.4 Å². The molecule has 160 valence electrons. The average molecular weight is 531 g/mol. The minimum Gasteiger partial charge on any atom is -0.493 e. The molecule has 0 saturated heterocycles. The summed E-state index contributed by atoms with van der Waals surface area (Å²) in [6.07, 6.45) is 0.944. The highest BCUT2D eigenvalue weighted by molar-refractivity contribution is 14.0. The minimum absolute atomic E-state index is 0. The van der Waals surface area contributed by atoms with Crippen molar-refractivity contribution in [2.24, 2.45) is 4.99 Å². The summed E-state index contributed by atoms with van der Waals surface area (Å²) in [5, 5.41) is 6.27. The van der Waals surface area contributed by atoms with Crippen molar-refractivity contribution >= 4 is 39.8 Å². The van der Waals surface area contributed by atoms with Crippen LogP contribution in [0, 0.1) is 6.92 Å². The summed E-state index contributed by atoms with van der Waals surface area (Å²) in [7, 11) is -1.66. The Morgan fingerprint density at radius 1 is 1.10 bits per heavy atom. The molecule has 0 bridgehead atoms. The topological polar surface area (TPSA) is 79.8 Å². The highest BCUT2D eigenvalue weighted by atomic mass is 127. The Morgan fingerprint density at radius 2 is 1.83 bits per heavy atom. The van der Waals surface area contributed by atoms with E-state index in [-0.39, 0.29) is 36.3 Å². The van der Waals surface area contributed by atoms with Gasteiger partial charge < -0.3 is 15.4 Å². The van der Waals surface area contributed by atoms with Crippen molar-refractivity contribution in [3.05, 3.63) is 59.7 Å². The van der Waals surface area contributed by atoms with E-state index < -0.39 is 9.84 Å². The van der Waals surface area contributed by atoms with Gasteiger partial charge in [-0.1, -0.05) is 37.3 Å². The fraction of sp³-hybridized carbons (Fsp3) is 0.381. The summed E-state index contributed by atoms with van der Waals surface area (Å²) in [6, 6.07) is 14.6. The Hall–Kier alpha value is -1.81. The molecule has 0 fully saturated rings. The summed E-state index contributed by atoms with van der Waals surface area (Å²) in [4.78, 5) is 4.49. The molecule has 0 atom stereocenters. The molecule has 2 N–H and O–H groups in total. The number of hydrogen-bond donors (Lipinski definition) is 2. The van der Waals surface area contributed by atoms with E-state index in [1.54, 1.807) is 37.4 Å². The number of rotatable bonds is 9. The Labute approximate surface area is 191 Å². The van der Waals surface area contributed by atoms with Crippen LogP contribution in [0.15, 0.2) is 58.4 Å². The van der Waals surface area contributed by atoms with Crippen molar-refractivity contribution < 1.29 is 13.2 Å². The number of nitrogens with one attached hydrogen (secondary N) is 2. The van der Waals surface area contributed by atoms with E-state index in [2.05, 4.69) is 22.5 Å². The molecule has 0 unspecified atom stereocenters. The van der Waals surface area contributed by atoms with Gasteiger partial charge in [0.25, 0.3) is 0 Å². The predicted molar refractivity (Wildman–Crippen MR) is 129 cm³/mol. The van der Waals surface area contributed by atoms with Gasteiger partial charge >= 0.3 is 0 Å². The van der Waals surface area contributed by atoms with Crippen molar-refractivity contribution in [3.8, 4) is 5.75 Å². The van der Waals surface area contributed by atoms with Crippen LogP contribution in [-0.4, -0.2) is 40.3 Å². The highest BCUT2D eigenvalue weighted by Crippen LogP contribution is 2.20. The van der Waals surface area contributed by atoms with Gasteiger partial charge in [0.1, 0.15) is 5.75 Å². The van der Waals surface area contributed by atoms with Crippen molar-refractivity contribution in [1.29, 1.82) is 0 Å². The van der Waals surface area contributed by atoms with Gasteiger partial charge in [0.15, 0.2) is 15.8 Å². The van der Waals surface area contributed by atoms with E-state index in [9.17, 15) is 8.42 Å². The zero-order chi connectivity index (χ0) is 20.4. The average Bonchev–Trinajstić information content (AvgIpc) is 2.70. The maximum absolute atomic E-state index is 12.3. The first-order chi connectivity index (χ1) is 13.5. The van der Waals surface area contributed by atoms with Gasteiger partial charge in [0.05, 0.1) is 17.3 Å². The molecule has 2 rings (SSSR count). The first-order valence-electron chi connectivity index (χ1n) is 9.41. The van der Waals surface area contributed by atoms with E-state index in [1.807, 2.05) is 25.1 Å². The number of sulfone groups is 1. The van der Waals surface area contributed by atoms with Crippen LogP contribution in [0.5, 0.6) is 5.75 Å². The van der Waals surface area contributed by atoms with Gasteiger partial charge in [-0.3, -0.25) is 4.99 Å². The van der Waals surface area contributed by atoms with Crippen LogP contribution in [0.25, 0.3) is 0 Å². The van der Waals surface area contributed by atoms with E-state index >= 15 is 0 Å². The third-order valence-electron chi connectivity index (χ3n) is 4.12. The standard InChI is InChI=1S/C21H29N3O3S.HI/c1-4-13-27-20-15-17(2)10-11-18(20)16-24-21(22-3)23-12-14-28(25,26)19-8-6-5-7-9-19;/h5-11,15H,4,12-14,16H2,1-3H3,(H2,22,23,24);1H. The Balaban J connectivity index is 0.00000420. The zero-order valence-corrected chi connectivity index (χ0v) is 20.3. The molecule has 29 heavy (non-hydrogen) atoms. The van der Waals surface area contributed by atoms with Crippen molar-refractivity contribution in [1.82, 2.24) is 10.6 Å². The zero-order valence-electron chi connectivity index (χ0n) is 17.1. The van der Waals surface area contributed by atoms with Crippen LogP contribution in [0.4, 0.5) is 0 Å². The van der Waals surface area contributed by atoms with E-state index in [4.69, 9.17) is 4.74 Å². The Bertz CT molecular complexity index is 887. The summed E-state index contributed by atoms with van der Waals surface area (Å²) < 4.78 is 30.5. The lowest BCUT2D eigenvalue weighted by molar-refractivity contribution is 0.313. The molecule has 6 nitrogen and oxygen atoms in total. The predicted octanol–water partition coefficient (Wildman–Crippen LogP) is 3.54. The molecule has 0 spiro atoms. The lowest BCUT2D eigenvalue weighted by atomic mass is 10.1. The van der Waals surface area contributed by atoms with E-state index in [0.717, 1.165) is 23.3 Å². The smallest absolute Gasteiger partial charge is 0.191 e. The van der Waals surface area contributed by atoms with Crippen molar-refractivity contribution in [2.45, 2.75) is 31.7 Å². The molecule has 0 aliphatic rings. The number of benzene rings is 2. The molecule has 0 amide bonds. The molecular formula is C21H30IN3O3S. The first kappa shape index (κ1) is 25.2. The molecule has 2 aromatic rings. The maximum atomic E-state index is 12.3. The Morgan fingerprint density at radius 3 is 2.48 bits per heavy atom. The van der Waals surface area contributed by atoms with Crippen molar-refractivity contribution in [2.75, 3.05) is 26.0 Å². The second kappa shape index (κ2) is 12.7. The van der Waals surface area contributed by atoms with Gasteiger partial charge in [-0.15, -0.1) is 24.0 Å². The number of aryl methyl sites for hydroxylation is 1. The maximum Gasteiger partial charge on any atom is 0.191 e. The second-order valence-corrected chi connectivity index (χ2v) is 8.55. The van der Waals surface area contributed by atoms with Gasteiger partial charge in [0, 0.05) is 25.7 Å². The summed E-state index contributed by atoms with van der Waals surface area (Å²) >= 11 is 0. The molecule has 0 aliphatic carbocycles. The third-order valence-corrected chi connectivity index (χ3v) is 5.85. The van der Waals surface area contributed by atoms with Crippen LogP contribution in [0.3, 0.4) is 0 Å². The van der Waals surface area contributed by atoms with Crippen LogP contribution in [0.2, 0.25) is 0 Å². The summed E-state index contributed by atoms with van der Waals surface area (Å²) in [5.41, 5.74) is 2.17. The summed E-state index contributed by atoms with van der Waals surface area (Å²) in [6.45, 7) is 5.57. The van der Waals surface area contributed by atoms with Gasteiger partial charge in [-0.05, 0) is 37.1 Å². The molecule has 0 heterocycles. The van der Waals surface area contributed by atoms with Crippen LogP contribution in [0.1, 0.15) is 24.5 Å². The van der Waals surface area contributed by atoms with E-state index in [1.165, 1.54) is 0 Å². The van der Waals surface area contributed by atoms with Crippen LogP contribution >= 0.6 is 24.0 Å². The molecule has 0 aliphatic heterocycles. The van der Waals surface area contributed by atoms with Gasteiger partial charge in [-0.25, -0.2) is 8.42 Å². The SMILES string of the molecule is CCCOc1cc(C)ccc1CNC(=NC)NCCS(=O)(=O)c1ccccc1.I. The van der Waals surface area contributed by atoms with Crippen molar-refractivity contribution in [3.63, 3.8) is 0 Å². The van der Waals surface area contributed by atoms with Gasteiger partial charge in [0.2, 0.25) is 0 Å².